The number of ether oxygens (including phenoxy) is 2. The zero-order chi connectivity index (χ0) is 26.9. The summed E-state index contributed by atoms with van der Waals surface area (Å²) in [6.45, 7) is 7.10. The van der Waals surface area contributed by atoms with Gasteiger partial charge in [0, 0.05) is 18.5 Å². The number of carbonyl (C=O) groups is 3. The second kappa shape index (κ2) is 10.5. The van der Waals surface area contributed by atoms with Crippen LogP contribution >= 0.6 is 0 Å². The molecule has 9 heteroatoms. The van der Waals surface area contributed by atoms with Crippen LogP contribution in [-0.4, -0.2) is 58.7 Å². The highest BCUT2D eigenvalue weighted by atomic mass is 19.1. The molecule has 0 N–H and O–H groups in total. The van der Waals surface area contributed by atoms with Crippen molar-refractivity contribution >= 4 is 17.9 Å². The highest BCUT2D eigenvalue weighted by Crippen LogP contribution is 2.40. The molecule has 0 aromatic heterocycles. The van der Waals surface area contributed by atoms with Gasteiger partial charge in [0.2, 0.25) is 0 Å². The van der Waals surface area contributed by atoms with Gasteiger partial charge in [0.1, 0.15) is 23.3 Å². The molecule has 1 saturated heterocycles. The van der Waals surface area contributed by atoms with Gasteiger partial charge in [-0.1, -0.05) is 12.1 Å². The number of alkyl halides is 1. The van der Waals surface area contributed by atoms with Crippen molar-refractivity contribution in [2.24, 2.45) is 0 Å². The summed E-state index contributed by atoms with van der Waals surface area (Å²) in [6.07, 6.45) is -1.27. The average Bonchev–Trinajstić information content (AvgIpc) is 3.33. The molecule has 4 rings (SSSR count). The Kier molecular flexibility index (Phi) is 7.52. The molecule has 2 aliphatic heterocycles. The molecule has 2 aliphatic rings. The number of carbonyl (C=O) groups excluding carboxylic acids is 3. The van der Waals surface area contributed by atoms with E-state index in [1.54, 1.807) is 45.0 Å². The fourth-order valence-electron chi connectivity index (χ4n) is 4.74. The predicted molar refractivity (Wildman–Crippen MR) is 133 cm³/mol. The maximum atomic E-state index is 14.4. The van der Waals surface area contributed by atoms with E-state index in [0.717, 1.165) is 0 Å². The SMILES string of the molecule is C[C@@H](CCCN1C(=O)c2ccccc2C1=O)Oc1ccc(F)cc1[C@H]1C[C@H](F)CN1C(=O)OC(C)(C)C. The predicted octanol–water partition coefficient (Wildman–Crippen LogP) is 5.69. The number of fused-ring (bicyclic) bond motifs is 1. The Morgan fingerprint density at radius 3 is 2.38 bits per heavy atom. The molecule has 0 spiro atoms. The summed E-state index contributed by atoms with van der Waals surface area (Å²) >= 11 is 0. The summed E-state index contributed by atoms with van der Waals surface area (Å²) in [7, 11) is 0. The first-order valence-electron chi connectivity index (χ1n) is 12.5. The molecule has 37 heavy (non-hydrogen) atoms. The first kappa shape index (κ1) is 26.6. The maximum absolute atomic E-state index is 14.4. The van der Waals surface area contributed by atoms with Crippen LogP contribution in [0.25, 0.3) is 0 Å². The first-order chi connectivity index (χ1) is 17.4. The van der Waals surface area contributed by atoms with Crippen LogP contribution in [0.15, 0.2) is 42.5 Å². The van der Waals surface area contributed by atoms with Crippen molar-refractivity contribution in [1.29, 1.82) is 0 Å². The van der Waals surface area contributed by atoms with Gasteiger partial charge in [-0.3, -0.25) is 19.4 Å². The maximum Gasteiger partial charge on any atom is 0.410 e. The standard InChI is InChI=1S/C28H32F2N2O5/c1-17(8-7-13-31-25(33)20-9-5-6-10-21(20)26(31)34)36-24-12-11-18(29)14-22(24)23-15-19(30)16-32(23)27(35)37-28(2,3)4/h5-6,9-12,14,17,19,23H,7-8,13,15-16H2,1-4H3/t17-,19-,23+/m0/s1. The van der Waals surface area contributed by atoms with Crippen LogP contribution in [0.3, 0.4) is 0 Å². The molecule has 198 valence electrons. The van der Waals surface area contributed by atoms with Crippen LogP contribution in [0, 0.1) is 5.82 Å². The molecule has 2 aromatic rings. The van der Waals surface area contributed by atoms with E-state index in [0.29, 0.717) is 35.3 Å². The third-order valence-electron chi connectivity index (χ3n) is 6.41. The van der Waals surface area contributed by atoms with Crippen LogP contribution in [-0.2, 0) is 4.74 Å². The minimum Gasteiger partial charge on any atom is -0.490 e. The third kappa shape index (κ3) is 5.92. The monoisotopic (exact) mass is 514 g/mol. The molecule has 0 radical (unpaired) electrons. The minimum absolute atomic E-state index is 0.00712. The number of nitrogens with zero attached hydrogens (tertiary/aromatic N) is 2. The molecule has 0 aliphatic carbocycles. The van der Waals surface area contributed by atoms with Crippen LogP contribution in [0.5, 0.6) is 5.75 Å². The van der Waals surface area contributed by atoms with Crippen LogP contribution in [0.4, 0.5) is 13.6 Å². The normalized spacial score (nSPS) is 20.3. The smallest absolute Gasteiger partial charge is 0.410 e. The number of halogens is 2. The number of hydrogen-bond donors (Lipinski definition) is 0. The second-order valence-electron chi connectivity index (χ2n) is 10.5. The fraction of sp³-hybridized carbons (Fsp3) is 0.464. The lowest BCUT2D eigenvalue weighted by molar-refractivity contribution is 0.0213. The second-order valence-corrected chi connectivity index (χ2v) is 10.5. The molecule has 0 bridgehead atoms. The number of amides is 3. The molecule has 2 aromatic carbocycles. The number of likely N-dealkylation sites (tertiary alicyclic amines) is 1. The number of benzene rings is 2. The molecular weight excluding hydrogens is 482 g/mol. The van der Waals surface area contributed by atoms with Crippen molar-refractivity contribution < 1.29 is 32.6 Å². The van der Waals surface area contributed by atoms with E-state index in [1.165, 1.54) is 28.0 Å². The van der Waals surface area contributed by atoms with Gasteiger partial charge in [-0.05, 0) is 70.9 Å². The van der Waals surface area contributed by atoms with Gasteiger partial charge in [0.05, 0.1) is 29.8 Å². The largest absolute Gasteiger partial charge is 0.490 e. The van der Waals surface area contributed by atoms with E-state index < -0.39 is 29.7 Å². The molecule has 0 saturated carbocycles. The summed E-state index contributed by atoms with van der Waals surface area (Å²) in [6, 6.07) is 9.99. The average molecular weight is 515 g/mol. The van der Waals surface area contributed by atoms with Crippen molar-refractivity contribution in [1.82, 2.24) is 9.80 Å². The van der Waals surface area contributed by atoms with E-state index in [4.69, 9.17) is 9.47 Å². The van der Waals surface area contributed by atoms with E-state index in [1.807, 2.05) is 6.92 Å². The van der Waals surface area contributed by atoms with Gasteiger partial charge in [-0.25, -0.2) is 13.6 Å². The van der Waals surface area contributed by atoms with Gasteiger partial charge < -0.3 is 9.47 Å². The van der Waals surface area contributed by atoms with Gasteiger partial charge >= 0.3 is 6.09 Å². The number of hydrogen-bond acceptors (Lipinski definition) is 5. The van der Waals surface area contributed by atoms with E-state index in [9.17, 15) is 23.2 Å². The Labute approximate surface area is 215 Å². The lowest BCUT2D eigenvalue weighted by atomic mass is 10.0. The van der Waals surface area contributed by atoms with Gasteiger partial charge in [0.15, 0.2) is 0 Å². The zero-order valence-corrected chi connectivity index (χ0v) is 21.5. The zero-order valence-electron chi connectivity index (χ0n) is 21.5. The quantitative estimate of drug-likeness (QED) is 0.444. The first-order valence-corrected chi connectivity index (χ1v) is 12.5. The summed E-state index contributed by atoms with van der Waals surface area (Å²) in [5.41, 5.74) is 0.430. The van der Waals surface area contributed by atoms with Crippen molar-refractivity contribution in [3.05, 3.63) is 65.0 Å². The van der Waals surface area contributed by atoms with Crippen LogP contribution in [0.1, 0.15) is 79.3 Å². The Balaban J connectivity index is 1.42. The van der Waals surface area contributed by atoms with E-state index in [2.05, 4.69) is 0 Å². The van der Waals surface area contributed by atoms with E-state index >= 15 is 0 Å². The third-order valence-corrected chi connectivity index (χ3v) is 6.41. The van der Waals surface area contributed by atoms with Crippen molar-refractivity contribution in [2.75, 3.05) is 13.1 Å². The molecule has 1 fully saturated rings. The Bertz CT molecular complexity index is 1160. The number of rotatable bonds is 7. The summed E-state index contributed by atoms with van der Waals surface area (Å²) in [5, 5.41) is 0. The van der Waals surface area contributed by atoms with Crippen LogP contribution < -0.4 is 4.74 Å². The molecule has 3 atom stereocenters. The molecule has 7 nitrogen and oxygen atoms in total. The molecule has 2 heterocycles. The van der Waals surface area contributed by atoms with E-state index in [-0.39, 0.29) is 37.4 Å². The van der Waals surface area contributed by atoms with Gasteiger partial charge in [-0.2, -0.15) is 0 Å². The van der Waals surface area contributed by atoms with Gasteiger partial charge in [-0.15, -0.1) is 0 Å². The van der Waals surface area contributed by atoms with Gasteiger partial charge in [0.25, 0.3) is 11.8 Å². The summed E-state index contributed by atoms with van der Waals surface area (Å²) in [4.78, 5) is 40.4. The van der Waals surface area contributed by atoms with Crippen molar-refractivity contribution in [3.63, 3.8) is 0 Å². The molecular formula is C28H32F2N2O5. The lowest BCUT2D eigenvalue weighted by Gasteiger charge is -2.30. The van der Waals surface area contributed by atoms with Crippen molar-refractivity contribution in [3.8, 4) is 5.75 Å². The van der Waals surface area contributed by atoms with Crippen molar-refractivity contribution in [2.45, 2.75) is 70.9 Å². The summed E-state index contributed by atoms with van der Waals surface area (Å²) in [5.74, 6) is -0.784. The Morgan fingerprint density at radius 2 is 1.76 bits per heavy atom. The molecule has 3 amide bonds. The highest BCUT2D eigenvalue weighted by Gasteiger charge is 2.40. The minimum atomic E-state index is -1.27. The topological polar surface area (TPSA) is 76.2 Å². The summed E-state index contributed by atoms with van der Waals surface area (Å²) < 4.78 is 40.2. The lowest BCUT2D eigenvalue weighted by Crippen LogP contribution is -2.37. The number of imide groups is 1. The Hall–Kier alpha value is -3.49. The fourth-order valence-corrected chi connectivity index (χ4v) is 4.74. The van der Waals surface area contributed by atoms with Crippen LogP contribution in [0.2, 0.25) is 0 Å². The highest BCUT2D eigenvalue weighted by molar-refractivity contribution is 6.21. The molecule has 0 unspecified atom stereocenters. The Morgan fingerprint density at radius 1 is 1.11 bits per heavy atom.